The van der Waals surface area contributed by atoms with E-state index in [2.05, 4.69) is 15.9 Å². The minimum Gasteiger partial charge on any atom is -0.501 e. The maximum atomic E-state index is 11.5. The van der Waals surface area contributed by atoms with Crippen molar-refractivity contribution in [2.75, 3.05) is 0 Å². The van der Waals surface area contributed by atoms with E-state index in [9.17, 15) is 19.8 Å². The normalized spacial score (nSPS) is 15.5. The fourth-order valence-electron chi connectivity index (χ4n) is 1.41. The second-order valence-electron chi connectivity index (χ2n) is 3.02. The van der Waals surface area contributed by atoms with Crippen LogP contribution in [0.15, 0.2) is 34.2 Å². The van der Waals surface area contributed by atoms with Gasteiger partial charge in [-0.25, -0.2) is 0 Å². The monoisotopic (exact) mass is 268 g/mol. The molecule has 0 atom stereocenters. The highest BCUT2D eigenvalue weighted by molar-refractivity contribution is 9.10. The van der Waals surface area contributed by atoms with Crippen LogP contribution >= 0.6 is 15.9 Å². The zero-order chi connectivity index (χ0) is 11.2. The molecule has 5 heteroatoms. The Morgan fingerprint density at radius 3 is 2.27 bits per heavy atom. The van der Waals surface area contributed by atoms with Gasteiger partial charge in [0, 0.05) is 10.0 Å². The Morgan fingerprint density at radius 1 is 1.00 bits per heavy atom. The lowest BCUT2D eigenvalue weighted by atomic mass is 9.92. The van der Waals surface area contributed by atoms with Crippen molar-refractivity contribution < 1.29 is 19.8 Å². The van der Waals surface area contributed by atoms with Gasteiger partial charge in [-0.3, -0.25) is 9.59 Å². The molecule has 0 spiro atoms. The minimum absolute atomic E-state index is 0.0813. The summed E-state index contributed by atoms with van der Waals surface area (Å²) in [7, 11) is 0. The molecule has 76 valence electrons. The van der Waals surface area contributed by atoms with E-state index in [0.717, 1.165) is 0 Å². The molecule has 1 aliphatic rings. The van der Waals surface area contributed by atoms with Gasteiger partial charge in [-0.15, -0.1) is 0 Å². The Bertz CT molecular complexity index is 516. The van der Waals surface area contributed by atoms with Crippen molar-refractivity contribution >= 4 is 27.5 Å². The van der Waals surface area contributed by atoms with E-state index in [1.807, 2.05) is 0 Å². The number of aliphatic hydroxyl groups excluding tert-OH is 2. The Labute approximate surface area is 93.0 Å². The first-order valence-corrected chi connectivity index (χ1v) is 4.83. The fraction of sp³-hybridized carbons (Fsp3) is 0. The number of aliphatic hydroxyl groups is 2. The molecule has 1 aromatic rings. The van der Waals surface area contributed by atoms with Gasteiger partial charge in [0.15, 0.2) is 0 Å². The molecule has 4 nitrogen and oxygen atoms in total. The van der Waals surface area contributed by atoms with Gasteiger partial charge in [0.2, 0.25) is 23.1 Å². The Kier molecular flexibility index (Phi) is 2.12. The predicted octanol–water partition coefficient (Wildman–Crippen LogP) is 2.16. The molecule has 2 N–H and O–H groups in total. The van der Waals surface area contributed by atoms with Gasteiger partial charge in [-0.2, -0.15) is 0 Å². The number of carbonyl (C=O) groups excluding carboxylic acids is 2. The number of ketones is 2. The molecule has 0 heterocycles. The first-order valence-electron chi connectivity index (χ1n) is 4.04. The number of carbonyl (C=O) groups is 2. The summed E-state index contributed by atoms with van der Waals surface area (Å²) >= 11 is 3.11. The largest absolute Gasteiger partial charge is 0.501 e. The number of hydrogen-bond acceptors (Lipinski definition) is 4. The average Bonchev–Trinajstić information content (AvgIpc) is 2.23. The molecule has 15 heavy (non-hydrogen) atoms. The number of benzene rings is 1. The molecule has 0 aromatic heterocycles. The summed E-state index contributed by atoms with van der Waals surface area (Å²) < 4.78 is 0.414. The molecule has 0 saturated heterocycles. The van der Waals surface area contributed by atoms with Crippen molar-refractivity contribution in [3.63, 3.8) is 0 Å². The molecule has 2 rings (SSSR count). The smallest absolute Gasteiger partial charge is 0.233 e. The first-order chi connectivity index (χ1) is 7.04. The third-order valence-electron chi connectivity index (χ3n) is 2.14. The summed E-state index contributed by atoms with van der Waals surface area (Å²) in [6.07, 6.45) is 0. The average molecular weight is 269 g/mol. The van der Waals surface area contributed by atoms with Crippen LogP contribution in [0.3, 0.4) is 0 Å². The second kappa shape index (κ2) is 3.20. The third-order valence-corrected chi connectivity index (χ3v) is 2.80. The summed E-state index contributed by atoms with van der Waals surface area (Å²) in [5.74, 6) is -3.30. The van der Waals surface area contributed by atoms with Crippen LogP contribution < -0.4 is 0 Å². The van der Waals surface area contributed by atoms with E-state index in [0.29, 0.717) is 4.47 Å². The molecular weight excluding hydrogens is 264 g/mol. The van der Waals surface area contributed by atoms with Crippen molar-refractivity contribution in [3.8, 4) is 0 Å². The predicted molar refractivity (Wildman–Crippen MR) is 55.1 cm³/mol. The highest BCUT2D eigenvalue weighted by Crippen LogP contribution is 2.29. The van der Waals surface area contributed by atoms with Crippen molar-refractivity contribution in [2.24, 2.45) is 0 Å². The van der Waals surface area contributed by atoms with E-state index in [4.69, 9.17) is 0 Å². The van der Waals surface area contributed by atoms with Gasteiger partial charge in [-0.1, -0.05) is 28.1 Å². The van der Waals surface area contributed by atoms with E-state index >= 15 is 0 Å². The van der Waals surface area contributed by atoms with E-state index in [1.54, 1.807) is 12.1 Å². The van der Waals surface area contributed by atoms with Gasteiger partial charge in [0.05, 0.1) is 5.56 Å². The van der Waals surface area contributed by atoms with Crippen molar-refractivity contribution in [1.29, 1.82) is 0 Å². The number of fused-ring (bicyclic) bond motifs is 1. The summed E-state index contributed by atoms with van der Waals surface area (Å²) in [6, 6.07) is 4.58. The lowest BCUT2D eigenvalue weighted by Gasteiger charge is -2.14. The summed E-state index contributed by atoms with van der Waals surface area (Å²) in [5, 5.41) is 18.4. The molecule has 0 radical (unpaired) electrons. The summed E-state index contributed by atoms with van der Waals surface area (Å²) in [6.45, 7) is 0. The zero-order valence-electron chi connectivity index (χ0n) is 7.32. The molecule has 0 aliphatic heterocycles. The Morgan fingerprint density at radius 2 is 1.60 bits per heavy atom. The maximum absolute atomic E-state index is 11.5. The molecule has 0 unspecified atom stereocenters. The van der Waals surface area contributed by atoms with Gasteiger partial charge in [0.25, 0.3) is 0 Å². The van der Waals surface area contributed by atoms with Crippen LogP contribution in [0.5, 0.6) is 0 Å². The first kappa shape index (κ1) is 9.92. The molecule has 0 bridgehead atoms. The van der Waals surface area contributed by atoms with Crippen LogP contribution in [-0.4, -0.2) is 21.8 Å². The Balaban J connectivity index is 2.79. The second-order valence-corrected chi connectivity index (χ2v) is 3.87. The molecule has 1 aliphatic carbocycles. The molecular formula is C10H5BrO4. The Hall–Kier alpha value is -1.62. The van der Waals surface area contributed by atoms with Crippen LogP contribution in [0, 0.1) is 0 Å². The fourth-order valence-corrected chi connectivity index (χ4v) is 1.95. The van der Waals surface area contributed by atoms with E-state index < -0.39 is 23.1 Å². The van der Waals surface area contributed by atoms with Crippen LogP contribution in [-0.2, 0) is 0 Å². The highest BCUT2D eigenvalue weighted by atomic mass is 79.9. The van der Waals surface area contributed by atoms with Crippen LogP contribution in [0.25, 0.3) is 0 Å². The van der Waals surface area contributed by atoms with E-state index in [1.165, 1.54) is 6.07 Å². The van der Waals surface area contributed by atoms with Gasteiger partial charge in [0.1, 0.15) is 0 Å². The maximum Gasteiger partial charge on any atom is 0.233 e. The van der Waals surface area contributed by atoms with Gasteiger partial charge in [-0.05, 0) is 6.07 Å². The summed E-state index contributed by atoms with van der Waals surface area (Å²) in [5.41, 5.74) is 0.169. The molecule has 0 fully saturated rings. The zero-order valence-corrected chi connectivity index (χ0v) is 8.91. The molecule has 1 aromatic carbocycles. The molecule has 0 amide bonds. The summed E-state index contributed by atoms with van der Waals surface area (Å²) in [4.78, 5) is 23.0. The van der Waals surface area contributed by atoms with Crippen molar-refractivity contribution in [2.45, 2.75) is 0 Å². The number of hydrogen-bond donors (Lipinski definition) is 2. The van der Waals surface area contributed by atoms with Gasteiger partial charge >= 0.3 is 0 Å². The lowest BCUT2D eigenvalue weighted by molar-refractivity contribution is 0.0880. The SMILES string of the molecule is O=C1C(O)=C(O)C(=O)c2c(Br)cccc21. The number of Topliss-reactive ketones (excluding diaryl/α,β-unsaturated/α-hetero) is 2. The van der Waals surface area contributed by atoms with Crippen LogP contribution in [0.2, 0.25) is 0 Å². The third kappa shape index (κ3) is 1.27. The van der Waals surface area contributed by atoms with E-state index in [-0.39, 0.29) is 11.1 Å². The number of rotatable bonds is 0. The quantitative estimate of drug-likeness (QED) is 0.756. The molecule has 0 saturated carbocycles. The van der Waals surface area contributed by atoms with Crippen LogP contribution in [0.4, 0.5) is 0 Å². The van der Waals surface area contributed by atoms with Crippen molar-refractivity contribution in [3.05, 3.63) is 45.3 Å². The van der Waals surface area contributed by atoms with Crippen molar-refractivity contribution in [1.82, 2.24) is 0 Å². The topological polar surface area (TPSA) is 74.6 Å². The lowest BCUT2D eigenvalue weighted by Crippen LogP contribution is -2.22. The minimum atomic E-state index is -0.903. The number of halogens is 1. The van der Waals surface area contributed by atoms with Crippen LogP contribution in [0.1, 0.15) is 20.7 Å². The number of allylic oxidation sites excluding steroid dienone is 2. The standard InChI is InChI=1S/C10H5BrO4/c11-5-3-1-2-4-6(5)8(13)10(15)9(14)7(4)12/h1-3,14-15H. The highest BCUT2D eigenvalue weighted by Gasteiger charge is 2.33. The van der Waals surface area contributed by atoms with Gasteiger partial charge < -0.3 is 10.2 Å².